The van der Waals surface area contributed by atoms with Gasteiger partial charge in [0.1, 0.15) is 12.6 Å². The van der Waals surface area contributed by atoms with E-state index in [0.29, 0.717) is 17.9 Å². The number of aliphatic carboxylic acids is 1. The first-order valence-corrected chi connectivity index (χ1v) is 8.41. The summed E-state index contributed by atoms with van der Waals surface area (Å²) in [5, 5.41) is 10.0. The summed E-state index contributed by atoms with van der Waals surface area (Å²) >= 11 is 5.91. The Bertz CT molecular complexity index is 748. The maximum absolute atomic E-state index is 12.6. The molecule has 1 aliphatic heterocycles. The Hall–Kier alpha value is -2.53. The number of likely N-dealkylation sites (tertiary alicyclic amines) is 1. The molecule has 1 aliphatic rings. The summed E-state index contributed by atoms with van der Waals surface area (Å²) in [4.78, 5) is 25.5. The molecule has 0 bridgehead atoms. The molecular weight excluding hydrogens is 342 g/mol. The second-order valence-corrected chi connectivity index (χ2v) is 6.38. The van der Waals surface area contributed by atoms with Gasteiger partial charge in [0.25, 0.3) is 0 Å². The molecule has 2 aromatic carbocycles. The molecule has 0 aromatic heterocycles. The van der Waals surface area contributed by atoms with Crippen molar-refractivity contribution in [2.45, 2.75) is 31.5 Å². The van der Waals surface area contributed by atoms with Gasteiger partial charge in [-0.3, -0.25) is 4.90 Å². The van der Waals surface area contributed by atoms with E-state index >= 15 is 0 Å². The number of amides is 1. The third kappa shape index (κ3) is 3.94. The van der Waals surface area contributed by atoms with Crippen LogP contribution < -0.4 is 0 Å². The maximum Gasteiger partial charge on any atom is 0.411 e. The fourth-order valence-corrected chi connectivity index (χ4v) is 3.24. The topological polar surface area (TPSA) is 66.8 Å². The molecule has 6 heteroatoms. The maximum atomic E-state index is 12.6. The van der Waals surface area contributed by atoms with Gasteiger partial charge in [0.05, 0.1) is 6.04 Å². The number of carboxylic acids is 1. The number of halogens is 1. The molecule has 1 heterocycles. The van der Waals surface area contributed by atoms with Gasteiger partial charge in [-0.15, -0.1) is 0 Å². The summed E-state index contributed by atoms with van der Waals surface area (Å²) in [6.07, 6.45) is 0.343. The number of rotatable bonds is 4. The zero-order chi connectivity index (χ0) is 17.8. The van der Waals surface area contributed by atoms with Gasteiger partial charge in [0.15, 0.2) is 0 Å². The molecule has 0 radical (unpaired) electrons. The quantitative estimate of drug-likeness (QED) is 0.885. The molecule has 0 spiro atoms. The van der Waals surface area contributed by atoms with Crippen molar-refractivity contribution >= 4 is 23.7 Å². The highest BCUT2D eigenvalue weighted by atomic mass is 35.5. The van der Waals surface area contributed by atoms with Gasteiger partial charge in [-0.1, -0.05) is 54.1 Å². The SMILES string of the molecule is O=C(O)[C@@H]1CC[C@@H](c2ccc(Cl)cc2)N1C(=O)OCc1ccccc1. The summed E-state index contributed by atoms with van der Waals surface area (Å²) in [5.41, 5.74) is 1.70. The number of hydrogen-bond acceptors (Lipinski definition) is 3. The third-order valence-electron chi connectivity index (χ3n) is 4.34. The van der Waals surface area contributed by atoms with Crippen molar-refractivity contribution in [1.29, 1.82) is 0 Å². The average molecular weight is 360 g/mol. The molecule has 1 N–H and O–H groups in total. The third-order valence-corrected chi connectivity index (χ3v) is 4.59. The van der Waals surface area contributed by atoms with Gasteiger partial charge < -0.3 is 9.84 Å². The van der Waals surface area contributed by atoms with E-state index in [1.165, 1.54) is 4.90 Å². The minimum absolute atomic E-state index is 0.107. The Labute approximate surface area is 150 Å². The summed E-state index contributed by atoms with van der Waals surface area (Å²) in [5.74, 6) is -1.02. The molecule has 1 saturated heterocycles. The van der Waals surface area contributed by atoms with Gasteiger partial charge in [0.2, 0.25) is 0 Å². The van der Waals surface area contributed by atoms with Crippen molar-refractivity contribution in [3.05, 3.63) is 70.7 Å². The van der Waals surface area contributed by atoms with Crippen molar-refractivity contribution in [2.24, 2.45) is 0 Å². The smallest absolute Gasteiger partial charge is 0.411 e. The Morgan fingerprint density at radius 1 is 1.08 bits per heavy atom. The summed E-state index contributed by atoms with van der Waals surface area (Å²) in [6, 6.07) is 15.2. The van der Waals surface area contributed by atoms with Crippen LogP contribution in [0.25, 0.3) is 0 Å². The van der Waals surface area contributed by atoms with Crippen molar-refractivity contribution < 1.29 is 19.4 Å². The van der Waals surface area contributed by atoms with Gasteiger partial charge in [0, 0.05) is 5.02 Å². The van der Waals surface area contributed by atoms with Gasteiger partial charge in [-0.05, 0) is 36.1 Å². The first-order valence-electron chi connectivity index (χ1n) is 8.03. The van der Waals surface area contributed by atoms with E-state index in [4.69, 9.17) is 16.3 Å². The molecule has 5 nitrogen and oxygen atoms in total. The molecule has 25 heavy (non-hydrogen) atoms. The van der Waals surface area contributed by atoms with E-state index in [-0.39, 0.29) is 12.6 Å². The number of carbonyl (C=O) groups is 2. The van der Waals surface area contributed by atoms with E-state index in [2.05, 4.69) is 0 Å². The van der Waals surface area contributed by atoms with Crippen LogP contribution in [-0.2, 0) is 16.1 Å². The molecular formula is C19H18ClNO4. The highest BCUT2D eigenvalue weighted by Crippen LogP contribution is 2.37. The first-order chi connectivity index (χ1) is 12.1. The standard InChI is InChI=1S/C19H18ClNO4/c20-15-8-6-14(7-9-15)16-10-11-17(18(22)23)21(16)19(24)25-12-13-4-2-1-3-5-13/h1-9,16-17H,10-12H2,(H,22,23)/t16-,17-/m0/s1. The van der Waals surface area contributed by atoms with E-state index < -0.39 is 18.1 Å². The molecule has 0 saturated carbocycles. The van der Waals surface area contributed by atoms with Gasteiger partial charge >= 0.3 is 12.1 Å². The average Bonchev–Trinajstić information content (AvgIpc) is 3.06. The van der Waals surface area contributed by atoms with Crippen LogP contribution in [0.5, 0.6) is 0 Å². The molecule has 1 amide bonds. The normalized spacial score (nSPS) is 19.6. The minimum Gasteiger partial charge on any atom is -0.480 e. The number of carboxylic acid groups (broad SMARTS) is 1. The summed E-state index contributed by atoms with van der Waals surface area (Å²) < 4.78 is 5.37. The van der Waals surface area contributed by atoms with Crippen molar-refractivity contribution in [3.8, 4) is 0 Å². The Kier molecular flexibility index (Phi) is 5.24. The molecule has 3 rings (SSSR count). The fraction of sp³-hybridized carbons (Fsp3) is 0.263. The molecule has 1 fully saturated rings. The molecule has 130 valence electrons. The second-order valence-electron chi connectivity index (χ2n) is 5.95. The number of carbonyl (C=O) groups excluding carboxylic acids is 1. The van der Waals surface area contributed by atoms with Crippen LogP contribution in [0.1, 0.15) is 30.0 Å². The van der Waals surface area contributed by atoms with Crippen LogP contribution in [0.3, 0.4) is 0 Å². The zero-order valence-electron chi connectivity index (χ0n) is 13.5. The number of benzene rings is 2. The number of ether oxygens (including phenoxy) is 1. The van der Waals surface area contributed by atoms with Crippen LogP contribution in [0, 0.1) is 0 Å². The summed E-state index contributed by atoms with van der Waals surface area (Å²) in [6.45, 7) is 0.107. The van der Waals surface area contributed by atoms with E-state index in [1.807, 2.05) is 42.5 Å². The Morgan fingerprint density at radius 3 is 2.40 bits per heavy atom. The lowest BCUT2D eigenvalue weighted by molar-refractivity contribution is -0.142. The lowest BCUT2D eigenvalue weighted by atomic mass is 10.1. The minimum atomic E-state index is -1.02. The van der Waals surface area contributed by atoms with Crippen LogP contribution >= 0.6 is 11.6 Å². The first kappa shape index (κ1) is 17.3. The van der Waals surface area contributed by atoms with Crippen LogP contribution in [0.15, 0.2) is 54.6 Å². The summed E-state index contributed by atoms with van der Waals surface area (Å²) in [7, 11) is 0. The monoisotopic (exact) mass is 359 g/mol. The van der Waals surface area contributed by atoms with Crippen LogP contribution in [0.4, 0.5) is 4.79 Å². The largest absolute Gasteiger partial charge is 0.480 e. The van der Waals surface area contributed by atoms with Gasteiger partial charge in [-0.2, -0.15) is 0 Å². The molecule has 2 aromatic rings. The predicted octanol–water partition coefficient (Wildman–Crippen LogP) is 4.27. The second kappa shape index (κ2) is 7.57. The molecule has 0 unspecified atom stereocenters. The van der Waals surface area contributed by atoms with Crippen LogP contribution in [0.2, 0.25) is 5.02 Å². The lowest BCUT2D eigenvalue weighted by Crippen LogP contribution is -2.42. The highest BCUT2D eigenvalue weighted by Gasteiger charge is 2.42. The van der Waals surface area contributed by atoms with Crippen molar-refractivity contribution in [2.75, 3.05) is 0 Å². The van der Waals surface area contributed by atoms with Crippen LogP contribution in [-0.4, -0.2) is 28.1 Å². The Morgan fingerprint density at radius 2 is 1.76 bits per heavy atom. The lowest BCUT2D eigenvalue weighted by Gasteiger charge is -2.28. The van der Waals surface area contributed by atoms with Gasteiger partial charge in [-0.25, -0.2) is 9.59 Å². The molecule has 0 aliphatic carbocycles. The zero-order valence-corrected chi connectivity index (χ0v) is 14.2. The fourth-order valence-electron chi connectivity index (χ4n) is 3.11. The predicted molar refractivity (Wildman–Crippen MR) is 93.3 cm³/mol. The number of hydrogen-bond donors (Lipinski definition) is 1. The number of nitrogens with zero attached hydrogens (tertiary/aromatic N) is 1. The molecule has 2 atom stereocenters. The van der Waals surface area contributed by atoms with E-state index in [1.54, 1.807) is 12.1 Å². The van der Waals surface area contributed by atoms with E-state index in [9.17, 15) is 14.7 Å². The Balaban J connectivity index is 1.78. The van der Waals surface area contributed by atoms with Crippen molar-refractivity contribution in [3.63, 3.8) is 0 Å². The highest BCUT2D eigenvalue weighted by molar-refractivity contribution is 6.30. The van der Waals surface area contributed by atoms with E-state index in [0.717, 1.165) is 11.1 Å². The van der Waals surface area contributed by atoms with Crippen molar-refractivity contribution in [1.82, 2.24) is 4.90 Å².